The first kappa shape index (κ1) is 13.8. The molecule has 2 atom stereocenters. The van der Waals surface area contributed by atoms with Crippen LogP contribution in [0.4, 0.5) is 0 Å². The second kappa shape index (κ2) is 6.06. The van der Waals surface area contributed by atoms with Gasteiger partial charge in [-0.15, -0.1) is 0 Å². The minimum absolute atomic E-state index is 0.0189. The van der Waals surface area contributed by atoms with Crippen LogP contribution >= 0.6 is 0 Å². The third-order valence-corrected chi connectivity index (χ3v) is 3.98. The summed E-state index contributed by atoms with van der Waals surface area (Å²) in [6, 6.07) is 12.0. The predicted molar refractivity (Wildman–Crippen MR) is 81.7 cm³/mol. The molecule has 0 fully saturated rings. The van der Waals surface area contributed by atoms with Gasteiger partial charge in [0, 0.05) is 25.5 Å². The normalized spacial score (nSPS) is 18.6. The minimum atomic E-state index is -0.126. The van der Waals surface area contributed by atoms with Crippen LogP contribution in [0.25, 0.3) is 0 Å². The lowest BCUT2D eigenvalue weighted by molar-refractivity contribution is -0.123. The number of hydrogen-bond acceptors (Lipinski definition) is 3. The number of nitrogens with zero attached hydrogens (tertiary/aromatic N) is 1. The molecule has 4 nitrogen and oxygen atoms in total. The van der Waals surface area contributed by atoms with Crippen LogP contribution in [-0.4, -0.2) is 17.4 Å². The topological polar surface area (TPSA) is 54.0 Å². The van der Waals surface area contributed by atoms with Gasteiger partial charge >= 0.3 is 0 Å². The van der Waals surface area contributed by atoms with Gasteiger partial charge in [0.05, 0.1) is 12.0 Å². The van der Waals surface area contributed by atoms with Gasteiger partial charge in [0.15, 0.2) is 0 Å². The Kier molecular flexibility index (Phi) is 3.97. The van der Waals surface area contributed by atoms with E-state index in [-0.39, 0.29) is 17.9 Å². The van der Waals surface area contributed by atoms with E-state index in [1.54, 1.807) is 12.4 Å². The molecule has 0 radical (unpaired) electrons. The Bertz CT molecular complexity index is 627. The lowest BCUT2D eigenvalue weighted by Crippen LogP contribution is -2.39. The quantitative estimate of drug-likeness (QED) is 0.906. The van der Waals surface area contributed by atoms with Crippen LogP contribution < -0.4 is 10.6 Å². The average Bonchev–Trinajstić information content (AvgIpc) is 2.55. The highest BCUT2D eigenvalue weighted by Gasteiger charge is 2.26. The van der Waals surface area contributed by atoms with Gasteiger partial charge in [-0.1, -0.05) is 24.3 Å². The van der Waals surface area contributed by atoms with Crippen molar-refractivity contribution in [2.45, 2.75) is 25.4 Å². The van der Waals surface area contributed by atoms with Crippen LogP contribution in [0, 0.1) is 0 Å². The maximum atomic E-state index is 12.6. The van der Waals surface area contributed by atoms with Crippen molar-refractivity contribution >= 4 is 5.91 Å². The number of hydrogen-bond donors (Lipinski definition) is 2. The van der Waals surface area contributed by atoms with E-state index in [2.05, 4.69) is 27.8 Å². The van der Waals surface area contributed by atoms with Gasteiger partial charge in [0.2, 0.25) is 5.91 Å². The number of carbonyl (C=O) groups is 1. The highest BCUT2D eigenvalue weighted by molar-refractivity contribution is 5.85. The van der Waals surface area contributed by atoms with Gasteiger partial charge in [-0.2, -0.15) is 0 Å². The Hall–Kier alpha value is -2.20. The van der Waals surface area contributed by atoms with E-state index in [4.69, 9.17) is 0 Å². The van der Waals surface area contributed by atoms with Crippen LogP contribution in [0.1, 0.15) is 35.6 Å². The van der Waals surface area contributed by atoms with Gasteiger partial charge < -0.3 is 10.6 Å². The van der Waals surface area contributed by atoms with E-state index in [0.717, 1.165) is 17.7 Å². The smallest absolute Gasteiger partial charge is 0.229 e. The zero-order valence-electron chi connectivity index (χ0n) is 12.0. The molecule has 1 aliphatic rings. The van der Waals surface area contributed by atoms with Gasteiger partial charge in [0.1, 0.15) is 0 Å². The van der Waals surface area contributed by atoms with Crippen molar-refractivity contribution in [3.63, 3.8) is 0 Å². The molecule has 2 N–H and O–H groups in total. The molecule has 3 rings (SSSR count). The van der Waals surface area contributed by atoms with Crippen molar-refractivity contribution in [1.82, 2.24) is 15.6 Å². The first-order chi connectivity index (χ1) is 10.3. The third-order valence-electron chi connectivity index (χ3n) is 3.98. The van der Waals surface area contributed by atoms with Crippen molar-refractivity contribution in [2.24, 2.45) is 0 Å². The maximum Gasteiger partial charge on any atom is 0.229 e. The summed E-state index contributed by atoms with van der Waals surface area (Å²) in [5.41, 5.74) is 3.41. The highest BCUT2D eigenvalue weighted by atomic mass is 16.2. The number of carbonyl (C=O) groups excluding carboxylic acids is 1. The molecule has 0 aliphatic carbocycles. The Balaban J connectivity index is 1.75. The fourth-order valence-corrected chi connectivity index (χ4v) is 2.78. The summed E-state index contributed by atoms with van der Waals surface area (Å²) in [4.78, 5) is 16.6. The van der Waals surface area contributed by atoms with E-state index in [9.17, 15) is 4.79 Å². The van der Waals surface area contributed by atoms with Crippen molar-refractivity contribution in [3.05, 3.63) is 65.5 Å². The first-order valence-electron chi connectivity index (χ1n) is 7.24. The third kappa shape index (κ3) is 2.95. The summed E-state index contributed by atoms with van der Waals surface area (Å²) >= 11 is 0. The second-order valence-corrected chi connectivity index (χ2v) is 5.39. The Morgan fingerprint density at radius 2 is 2.05 bits per heavy atom. The zero-order chi connectivity index (χ0) is 14.7. The standard InChI is InChI=1S/C17H19N3O/c1-12(13-6-8-18-9-7-13)20-17(21)16-11-19-10-14-4-2-3-5-15(14)16/h2-9,12,16,19H,10-11H2,1H3,(H,20,21)/t12-,16?/m0/s1. The summed E-state index contributed by atoms with van der Waals surface area (Å²) in [5, 5.41) is 6.41. The number of fused-ring (bicyclic) bond motifs is 1. The molecule has 0 spiro atoms. The Labute approximate surface area is 124 Å². The SMILES string of the molecule is C[C@H](NC(=O)C1CNCc2ccccc21)c1ccncc1. The molecule has 4 heteroatoms. The number of nitrogens with one attached hydrogen (secondary N) is 2. The van der Waals surface area contributed by atoms with Gasteiger partial charge in [-0.05, 0) is 35.7 Å². The van der Waals surface area contributed by atoms with Crippen molar-refractivity contribution in [1.29, 1.82) is 0 Å². The number of pyridine rings is 1. The van der Waals surface area contributed by atoms with Crippen LogP contribution in [-0.2, 0) is 11.3 Å². The molecule has 2 heterocycles. The molecule has 0 saturated heterocycles. The van der Waals surface area contributed by atoms with E-state index >= 15 is 0 Å². The molecule has 1 aromatic carbocycles. The predicted octanol–water partition coefficient (Wildman–Crippen LogP) is 2.15. The van der Waals surface area contributed by atoms with Crippen LogP contribution in [0.2, 0.25) is 0 Å². The molecule has 1 aliphatic heterocycles. The number of benzene rings is 1. The molecule has 108 valence electrons. The van der Waals surface area contributed by atoms with Crippen molar-refractivity contribution < 1.29 is 4.79 Å². The summed E-state index contributed by atoms with van der Waals surface area (Å²) in [5.74, 6) is -0.0572. The molecular weight excluding hydrogens is 262 g/mol. The first-order valence-corrected chi connectivity index (χ1v) is 7.24. The number of aromatic nitrogens is 1. The van der Waals surface area contributed by atoms with Gasteiger partial charge in [-0.25, -0.2) is 0 Å². The fraction of sp³-hybridized carbons (Fsp3) is 0.294. The van der Waals surface area contributed by atoms with Gasteiger partial charge in [0.25, 0.3) is 0 Å². The largest absolute Gasteiger partial charge is 0.349 e. The molecule has 0 bridgehead atoms. The molecule has 2 aromatic rings. The molecular formula is C17H19N3O. The molecule has 1 aromatic heterocycles. The van der Waals surface area contributed by atoms with Crippen molar-refractivity contribution in [3.8, 4) is 0 Å². The monoisotopic (exact) mass is 281 g/mol. The average molecular weight is 281 g/mol. The summed E-state index contributed by atoms with van der Waals surface area (Å²) in [6.45, 7) is 3.52. The van der Waals surface area contributed by atoms with E-state index in [0.29, 0.717) is 6.54 Å². The van der Waals surface area contributed by atoms with E-state index in [1.165, 1.54) is 5.56 Å². The van der Waals surface area contributed by atoms with Gasteiger partial charge in [-0.3, -0.25) is 9.78 Å². The minimum Gasteiger partial charge on any atom is -0.349 e. The van der Waals surface area contributed by atoms with Crippen LogP contribution in [0.3, 0.4) is 0 Å². The zero-order valence-corrected chi connectivity index (χ0v) is 12.0. The maximum absolute atomic E-state index is 12.6. The van der Waals surface area contributed by atoms with Crippen LogP contribution in [0.5, 0.6) is 0 Å². The Morgan fingerprint density at radius 1 is 1.29 bits per heavy atom. The highest BCUT2D eigenvalue weighted by Crippen LogP contribution is 2.24. The van der Waals surface area contributed by atoms with Crippen LogP contribution in [0.15, 0.2) is 48.8 Å². The van der Waals surface area contributed by atoms with Crippen molar-refractivity contribution in [2.75, 3.05) is 6.54 Å². The second-order valence-electron chi connectivity index (χ2n) is 5.39. The summed E-state index contributed by atoms with van der Waals surface area (Å²) in [7, 11) is 0. The summed E-state index contributed by atoms with van der Waals surface area (Å²) < 4.78 is 0. The molecule has 0 saturated carbocycles. The molecule has 1 amide bonds. The Morgan fingerprint density at radius 3 is 2.86 bits per heavy atom. The lowest BCUT2D eigenvalue weighted by Gasteiger charge is -2.27. The van der Waals surface area contributed by atoms with E-state index in [1.807, 2.05) is 31.2 Å². The molecule has 21 heavy (non-hydrogen) atoms. The fourth-order valence-electron chi connectivity index (χ4n) is 2.78. The van der Waals surface area contributed by atoms with E-state index < -0.39 is 0 Å². The summed E-state index contributed by atoms with van der Waals surface area (Å²) in [6.07, 6.45) is 3.49. The number of amides is 1. The molecule has 1 unspecified atom stereocenters. The number of rotatable bonds is 3. The lowest BCUT2D eigenvalue weighted by atomic mass is 9.90.